The predicted molar refractivity (Wildman–Crippen MR) is 124 cm³/mol. The highest BCUT2D eigenvalue weighted by atomic mass is 32.2. The van der Waals surface area contributed by atoms with Crippen LogP contribution < -0.4 is 9.62 Å². The van der Waals surface area contributed by atoms with Crippen LogP contribution in [0.3, 0.4) is 0 Å². The molecule has 3 rings (SSSR count). The minimum atomic E-state index is -4.04. The number of benzene rings is 3. The standard InChI is InChI=1S/C25H27FN2O3S/c1-19-9-15-23(16-10-19)32(30,31)28(22-13-11-21(26)12-14-22)18-24(29)27-25(2,3)17-20-7-5-4-6-8-20/h4-16H,17-18H2,1-3H3,(H,27,29). The molecule has 3 aromatic carbocycles. The maximum Gasteiger partial charge on any atom is 0.264 e. The van der Waals surface area contributed by atoms with Crippen LogP contribution in [0, 0.1) is 12.7 Å². The molecule has 0 aliphatic rings. The van der Waals surface area contributed by atoms with Crippen molar-refractivity contribution in [2.45, 2.75) is 37.6 Å². The molecule has 0 aliphatic carbocycles. The van der Waals surface area contributed by atoms with Crippen LogP contribution in [-0.2, 0) is 21.2 Å². The first kappa shape index (κ1) is 23.5. The van der Waals surface area contributed by atoms with E-state index >= 15 is 0 Å². The van der Waals surface area contributed by atoms with Crippen molar-refractivity contribution in [3.63, 3.8) is 0 Å². The summed E-state index contributed by atoms with van der Waals surface area (Å²) in [6, 6.07) is 21.2. The number of anilines is 1. The Kier molecular flexibility index (Phi) is 6.99. The van der Waals surface area contributed by atoms with Crippen LogP contribution in [0.1, 0.15) is 25.0 Å². The molecular weight excluding hydrogens is 427 g/mol. The highest BCUT2D eigenvalue weighted by Crippen LogP contribution is 2.24. The zero-order chi connectivity index (χ0) is 23.4. The van der Waals surface area contributed by atoms with Gasteiger partial charge in [0.1, 0.15) is 12.4 Å². The molecule has 0 heterocycles. The third-order valence-corrected chi connectivity index (χ3v) is 6.77. The van der Waals surface area contributed by atoms with Gasteiger partial charge in [-0.05, 0) is 69.2 Å². The van der Waals surface area contributed by atoms with Gasteiger partial charge in [0, 0.05) is 5.54 Å². The van der Waals surface area contributed by atoms with Crippen LogP contribution in [0.15, 0.2) is 83.8 Å². The van der Waals surface area contributed by atoms with Crippen LogP contribution in [0.2, 0.25) is 0 Å². The van der Waals surface area contributed by atoms with Gasteiger partial charge in [0.05, 0.1) is 10.6 Å². The van der Waals surface area contributed by atoms with Gasteiger partial charge in [-0.25, -0.2) is 12.8 Å². The number of aryl methyl sites for hydroxylation is 1. The third-order valence-electron chi connectivity index (χ3n) is 4.98. The van der Waals surface area contributed by atoms with Crippen LogP contribution in [-0.4, -0.2) is 26.4 Å². The topological polar surface area (TPSA) is 66.5 Å². The summed E-state index contributed by atoms with van der Waals surface area (Å²) in [7, 11) is -4.04. The second-order valence-corrected chi connectivity index (χ2v) is 10.3. The molecule has 1 N–H and O–H groups in total. The number of nitrogens with zero attached hydrogens (tertiary/aromatic N) is 1. The monoisotopic (exact) mass is 454 g/mol. The van der Waals surface area contributed by atoms with Crippen molar-refractivity contribution in [3.8, 4) is 0 Å². The molecule has 7 heteroatoms. The van der Waals surface area contributed by atoms with Crippen molar-refractivity contribution in [1.82, 2.24) is 5.32 Å². The number of amides is 1. The number of hydrogen-bond acceptors (Lipinski definition) is 3. The van der Waals surface area contributed by atoms with Crippen LogP contribution in [0.25, 0.3) is 0 Å². The SMILES string of the molecule is Cc1ccc(S(=O)(=O)N(CC(=O)NC(C)(C)Cc2ccccc2)c2ccc(F)cc2)cc1. The van der Waals surface area contributed by atoms with E-state index < -0.39 is 33.8 Å². The summed E-state index contributed by atoms with van der Waals surface area (Å²) in [5.41, 5.74) is 1.58. The fraction of sp³-hybridized carbons (Fsp3) is 0.240. The molecule has 5 nitrogen and oxygen atoms in total. The Hall–Kier alpha value is -3.19. The van der Waals surface area contributed by atoms with Gasteiger partial charge >= 0.3 is 0 Å². The molecular formula is C25H27FN2O3S. The molecule has 0 saturated carbocycles. The highest BCUT2D eigenvalue weighted by molar-refractivity contribution is 7.92. The molecule has 0 atom stereocenters. The van der Waals surface area contributed by atoms with Gasteiger partial charge in [-0.3, -0.25) is 9.10 Å². The Bertz CT molecular complexity index is 1160. The van der Waals surface area contributed by atoms with Gasteiger partial charge in [0.2, 0.25) is 5.91 Å². The summed E-state index contributed by atoms with van der Waals surface area (Å²) in [5.74, 6) is -0.944. The van der Waals surface area contributed by atoms with Crippen molar-refractivity contribution in [2.75, 3.05) is 10.8 Å². The minimum absolute atomic E-state index is 0.0590. The predicted octanol–water partition coefficient (Wildman–Crippen LogP) is 4.47. The molecule has 168 valence electrons. The van der Waals surface area contributed by atoms with E-state index in [4.69, 9.17) is 0 Å². The van der Waals surface area contributed by atoms with E-state index in [0.717, 1.165) is 15.4 Å². The smallest absolute Gasteiger partial charge is 0.264 e. The highest BCUT2D eigenvalue weighted by Gasteiger charge is 2.29. The maximum atomic E-state index is 13.5. The van der Waals surface area contributed by atoms with Gasteiger partial charge in [-0.2, -0.15) is 0 Å². The number of nitrogens with one attached hydrogen (secondary N) is 1. The Morgan fingerprint density at radius 2 is 1.53 bits per heavy atom. The number of carbonyl (C=O) groups is 1. The average molecular weight is 455 g/mol. The van der Waals surface area contributed by atoms with Crippen molar-refractivity contribution in [2.24, 2.45) is 0 Å². The van der Waals surface area contributed by atoms with Crippen molar-refractivity contribution in [3.05, 3.63) is 95.8 Å². The maximum absolute atomic E-state index is 13.5. The molecule has 0 unspecified atom stereocenters. The molecule has 1 amide bonds. The fourth-order valence-electron chi connectivity index (χ4n) is 3.46. The fourth-order valence-corrected chi connectivity index (χ4v) is 4.88. The van der Waals surface area contributed by atoms with Crippen LogP contribution >= 0.6 is 0 Å². The van der Waals surface area contributed by atoms with Gasteiger partial charge in [0.25, 0.3) is 10.0 Å². The summed E-state index contributed by atoms with van der Waals surface area (Å²) in [5, 5.41) is 2.93. The van der Waals surface area contributed by atoms with E-state index in [2.05, 4.69) is 5.32 Å². The molecule has 0 fully saturated rings. The first-order valence-corrected chi connectivity index (χ1v) is 11.7. The lowest BCUT2D eigenvalue weighted by atomic mass is 9.95. The van der Waals surface area contributed by atoms with E-state index in [9.17, 15) is 17.6 Å². The quantitative estimate of drug-likeness (QED) is 0.546. The average Bonchev–Trinajstić information content (AvgIpc) is 2.73. The Morgan fingerprint density at radius 3 is 2.12 bits per heavy atom. The number of hydrogen-bond donors (Lipinski definition) is 1. The van der Waals surface area contributed by atoms with E-state index in [0.29, 0.717) is 6.42 Å². The third kappa shape index (κ3) is 5.95. The lowest BCUT2D eigenvalue weighted by molar-refractivity contribution is -0.121. The lowest BCUT2D eigenvalue weighted by Crippen LogP contribution is -2.50. The molecule has 0 spiro atoms. The Balaban J connectivity index is 1.86. The summed E-state index contributed by atoms with van der Waals surface area (Å²) < 4.78 is 41.2. The van der Waals surface area contributed by atoms with Gasteiger partial charge in [-0.15, -0.1) is 0 Å². The molecule has 0 aliphatic heterocycles. The summed E-state index contributed by atoms with van der Waals surface area (Å²) in [4.78, 5) is 13.0. The number of sulfonamides is 1. The summed E-state index contributed by atoms with van der Waals surface area (Å²) in [6.45, 7) is 5.19. The number of rotatable bonds is 8. The van der Waals surface area contributed by atoms with E-state index in [1.54, 1.807) is 12.1 Å². The lowest BCUT2D eigenvalue weighted by Gasteiger charge is -2.29. The van der Waals surface area contributed by atoms with E-state index in [1.165, 1.54) is 36.4 Å². The second kappa shape index (κ2) is 9.53. The first-order chi connectivity index (χ1) is 15.1. The van der Waals surface area contributed by atoms with Crippen molar-refractivity contribution < 1.29 is 17.6 Å². The molecule has 32 heavy (non-hydrogen) atoms. The zero-order valence-corrected chi connectivity index (χ0v) is 19.2. The largest absolute Gasteiger partial charge is 0.349 e. The van der Waals surface area contributed by atoms with Crippen LogP contribution in [0.5, 0.6) is 0 Å². The first-order valence-electron chi connectivity index (χ1n) is 10.3. The normalized spacial score (nSPS) is 11.8. The molecule has 0 bridgehead atoms. The van der Waals surface area contributed by atoms with Crippen molar-refractivity contribution in [1.29, 1.82) is 0 Å². The molecule has 3 aromatic rings. The Morgan fingerprint density at radius 1 is 0.938 bits per heavy atom. The molecule has 0 radical (unpaired) electrons. The number of halogens is 1. The van der Waals surface area contributed by atoms with Gasteiger partial charge in [0.15, 0.2) is 0 Å². The van der Waals surface area contributed by atoms with E-state index in [1.807, 2.05) is 51.1 Å². The number of carbonyl (C=O) groups excluding carboxylic acids is 1. The summed E-state index contributed by atoms with van der Waals surface area (Å²) >= 11 is 0. The molecule has 0 saturated heterocycles. The van der Waals surface area contributed by atoms with Gasteiger partial charge < -0.3 is 5.32 Å². The minimum Gasteiger partial charge on any atom is -0.349 e. The van der Waals surface area contributed by atoms with E-state index in [-0.39, 0.29) is 10.6 Å². The zero-order valence-electron chi connectivity index (χ0n) is 18.4. The van der Waals surface area contributed by atoms with Crippen LogP contribution in [0.4, 0.5) is 10.1 Å². The second-order valence-electron chi connectivity index (χ2n) is 8.40. The molecule has 0 aromatic heterocycles. The Labute approximate surface area is 188 Å². The van der Waals surface area contributed by atoms with Gasteiger partial charge in [-0.1, -0.05) is 48.0 Å². The summed E-state index contributed by atoms with van der Waals surface area (Å²) in [6.07, 6.45) is 0.584. The van der Waals surface area contributed by atoms with Crippen molar-refractivity contribution >= 4 is 21.6 Å².